The van der Waals surface area contributed by atoms with Gasteiger partial charge in [0.15, 0.2) is 0 Å². The van der Waals surface area contributed by atoms with Crippen LogP contribution in [0.4, 0.5) is 0 Å². The number of hydrogen-bond donors (Lipinski definition) is 0. The fourth-order valence-electron chi connectivity index (χ4n) is 3.04. The molecule has 1 heterocycles. The largest absolute Gasteiger partial charge is 0.494 e. The lowest BCUT2D eigenvalue weighted by Crippen LogP contribution is -2.50. The first-order valence-electron chi connectivity index (χ1n) is 9.35. The van der Waals surface area contributed by atoms with Crippen LogP contribution in [-0.2, 0) is 14.8 Å². The first-order valence-corrected chi connectivity index (χ1v) is 11.2. The van der Waals surface area contributed by atoms with Crippen molar-refractivity contribution in [1.29, 1.82) is 0 Å². The van der Waals surface area contributed by atoms with Crippen LogP contribution in [0.3, 0.4) is 0 Å². The molecule has 0 aliphatic carbocycles. The van der Waals surface area contributed by atoms with E-state index >= 15 is 0 Å². The number of halogens is 1. The monoisotopic (exact) mass is 434 g/mol. The van der Waals surface area contributed by atoms with Crippen LogP contribution >= 0.6 is 11.6 Å². The number of benzene rings is 2. The summed E-state index contributed by atoms with van der Waals surface area (Å²) < 4.78 is 32.3. The van der Waals surface area contributed by atoms with Crippen molar-refractivity contribution < 1.29 is 17.9 Å². The standard InChI is InChI=1S/C21H23ClN2O4S/c1-2-28-19-9-6-17(7-10-19)8-11-21(25)23-12-14-24(15-13-23)29(26,27)20-5-3-4-18(22)16-20/h3-11,16H,2,12-15H2,1H3/b11-8+. The average molecular weight is 435 g/mol. The van der Waals surface area contributed by atoms with E-state index in [9.17, 15) is 13.2 Å². The van der Waals surface area contributed by atoms with Gasteiger partial charge in [0.2, 0.25) is 15.9 Å². The molecule has 6 nitrogen and oxygen atoms in total. The molecule has 1 aliphatic heterocycles. The fraction of sp³-hybridized carbons (Fsp3) is 0.286. The molecule has 0 aromatic heterocycles. The van der Waals surface area contributed by atoms with Crippen LogP contribution in [0.1, 0.15) is 12.5 Å². The summed E-state index contributed by atoms with van der Waals surface area (Å²) in [5.41, 5.74) is 0.893. The van der Waals surface area contributed by atoms with Gasteiger partial charge in [0.1, 0.15) is 5.75 Å². The summed E-state index contributed by atoms with van der Waals surface area (Å²) in [6.45, 7) is 3.70. The molecule has 1 amide bonds. The average Bonchev–Trinajstić information content (AvgIpc) is 2.73. The minimum Gasteiger partial charge on any atom is -0.494 e. The SMILES string of the molecule is CCOc1ccc(/C=C/C(=O)N2CCN(S(=O)(=O)c3cccc(Cl)c3)CC2)cc1. The van der Waals surface area contributed by atoms with Gasteiger partial charge in [0.05, 0.1) is 11.5 Å². The van der Waals surface area contributed by atoms with Crippen molar-refractivity contribution in [1.82, 2.24) is 9.21 Å². The normalized spacial score (nSPS) is 15.6. The number of nitrogens with zero attached hydrogens (tertiary/aromatic N) is 2. The van der Waals surface area contributed by atoms with E-state index in [4.69, 9.17) is 16.3 Å². The molecule has 0 N–H and O–H groups in total. The van der Waals surface area contributed by atoms with Crippen LogP contribution in [0.2, 0.25) is 5.02 Å². The van der Waals surface area contributed by atoms with Gasteiger partial charge >= 0.3 is 0 Å². The van der Waals surface area contributed by atoms with Crippen molar-refractivity contribution in [3.05, 3.63) is 65.2 Å². The summed E-state index contributed by atoms with van der Waals surface area (Å²) in [5, 5.41) is 0.374. The van der Waals surface area contributed by atoms with Crippen LogP contribution in [-0.4, -0.2) is 56.3 Å². The van der Waals surface area contributed by atoms with Gasteiger partial charge in [-0.05, 0) is 48.9 Å². The Morgan fingerprint density at radius 3 is 2.41 bits per heavy atom. The van der Waals surface area contributed by atoms with E-state index < -0.39 is 10.0 Å². The summed E-state index contributed by atoms with van der Waals surface area (Å²) in [5.74, 6) is 0.645. The maximum atomic E-state index is 12.7. The second kappa shape index (κ2) is 9.43. The summed E-state index contributed by atoms with van der Waals surface area (Å²) in [4.78, 5) is 14.3. The van der Waals surface area contributed by atoms with Crippen LogP contribution in [0.15, 0.2) is 59.5 Å². The van der Waals surface area contributed by atoms with Gasteiger partial charge < -0.3 is 9.64 Å². The Morgan fingerprint density at radius 1 is 1.10 bits per heavy atom. The highest BCUT2D eigenvalue weighted by Gasteiger charge is 2.29. The molecule has 154 valence electrons. The summed E-state index contributed by atoms with van der Waals surface area (Å²) in [6.07, 6.45) is 3.25. The molecule has 2 aromatic rings. The predicted octanol–water partition coefficient (Wildman–Crippen LogP) is 3.29. The number of amides is 1. The number of rotatable bonds is 6. The molecule has 0 saturated carbocycles. The van der Waals surface area contributed by atoms with Crippen molar-refractivity contribution >= 4 is 33.6 Å². The Morgan fingerprint density at radius 2 is 1.79 bits per heavy atom. The summed E-state index contributed by atoms with van der Waals surface area (Å²) >= 11 is 5.91. The third-order valence-electron chi connectivity index (χ3n) is 4.59. The Bertz CT molecular complexity index is 982. The number of piperazine rings is 1. The highest BCUT2D eigenvalue weighted by molar-refractivity contribution is 7.89. The minimum absolute atomic E-state index is 0.140. The fourth-order valence-corrected chi connectivity index (χ4v) is 4.76. The third kappa shape index (κ3) is 5.38. The van der Waals surface area contributed by atoms with E-state index in [1.54, 1.807) is 23.1 Å². The van der Waals surface area contributed by atoms with Crippen molar-refractivity contribution in [2.75, 3.05) is 32.8 Å². The lowest BCUT2D eigenvalue weighted by molar-refractivity contribution is -0.127. The van der Waals surface area contributed by atoms with Crippen molar-refractivity contribution in [2.45, 2.75) is 11.8 Å². The number of carbonyl (C=O) groups is 1. The summed E-state index contributed by atoms with van der Waals surface area (Å²) in [6, 6.07) is 13.7. The number of sulfonamides is 1. The van der Waals surface area contributed by atoms with Gasteiger partial charge in [-0.25, -0.2) is 8.42 Å². The molecule has 0 radical (unpaired) electrons. The quantitative estimate of drug-likeness (QED) is 0.654. The Balaban J connectivity index is 1.58. The van der Waals surface area contributed by atoms with Crippen LogP contribution in [0.25, 0.3) is 6.08 Å². The number of hydrogen-bond acceptors (Lipinski definition) is 4. The number of ether oxygens (including phenoxy) is 1. The van der Waals surface area contributed by atoms with Gasteiger partial charge in [-0.15, -0.1) is 0 Å². The molecule has 1 fully saturated rings. The Hall–Kier alpha value is -2.35. The van der Waals surface area contributed by atoms with E-state index in [-0.39, 0.29) is 23.9 Å². The predicted molar refractivity (Wildman–Crippen MR) is 113 cm³/mol. The van der Waals surface area contributed by atoms with Crippen molar-refractivity contribution in [3.8, 4) is 5.75 Å². The van der Waals surface area contributed by atoms with Crippen LogP contribution in [0, 0.1) is 0 Å². The number of carbonyl (C=O) groups excluding carboxylic acids is 1. The van der Waals surface area contributed by atoms with Gasteiger partial charge in [-0.3, -0.25) is 4.79 Å². The topological polar surface area (TPSA) is 66.9 Å². The molecule has 29 heavy (non-hydrogen) atoms. The molecule has 0 spiro atoms. The van der Waals surface area contributed by atoms with E-state index in [2.05, 4.69) is 0 Å². The maximum Gasteiger partial charge on any atom is 0.246 e. The van der Waals surface area contributed by atoms with E-state index in [1.165, 1.54) is 22.5 Å². The maximum absolute atomic E-state index is 12.7. The summed E-state index contributed by atoms with van der Waals surface area (Å²) in [7, 11) is -3.62. The molecule has 8 heteroatoms. The second-order valence-corrected chi connectivity index (χ2v) is 8.90. The Kier molecular flexibility index (Phi) is 6.95. The molecular weight excluding hydrogens is 412 g/mol. The third-order valence-corrected chi connectivity index (χ3v) is 6.72. The van der Waals surface area contributed by atoms with Gasteiger partial charge in [0, 0.05) is 37.3 Å². The van der Waals surface area contributed by atoms with Crippen LogP contribution < -0.4 is 4.74 Å². The zero-order chi connectivity index (χ0) is 20.9. The smallest absolute Gasteiger partial charge is 0.246 e. The minimum atomic E-state index is -3.62. The second-order valence-electron chi connectivity index (χ2n) is 6.52. The van der Waals surface area contributed by atoms with E-state index in [1.807, 2.05) is 31.2 Å². The lowest BCUT2D eigenvalue weighted by Gasteiger charge is -2.33. The highest BCUT2D eigenvalue weighted by Crippen LogP contribution is 2.21. The van der Waals surface area contributed by atoms with E-state index in [0.717, 1.165) is 11.3 Å². The van der Waals surface area contributed by atoms with Gasteiger partial charge in [-0.2, -0.15) is 4.31 Å². The van der Waals surface area contributed by atoms with Crippen LogP contribution in [0.5, 0.6) is 5.75 Å². The van der Waals surface area contributed by atoms with Crippen molar-refractivity contribution in [2.24, 2.45) is 0 Å². The molecule has 0 atom stereocenters. The van der Waals surface area contributed by atoms with E-state index in [0.29, 0.717) is 24.7 Å². The molecular formula is C21H23ClN2O4S. The lowest BCUT2D eigenvalue weighted by atomic mass is 10.2. The molecule has 0 bridgehead atoms. The first-order chi connectivity index (χ1) is 13.9. The molecule has 3 rings (SSSR count). The van der Waals surface area contributed by atoms with Gasteiger partial charge in [-0.1, -0.05) is 29.8 Å². The van der Waals surface area contributed by atoms with Crippen molar-refractivity contribution in [3.63, 3.8) is 0 Å². The molecule has 1 aliphatic rings. The zero-order valence-electron chi connectivity index (χ0n) is 16.1. The first kappa shape index (κ1) is 21.4. The highest BCUT2D eigenvalue weighted by atomic mass is 35.5. The Labute approximate surface area is 176 Å². The van der Waals surface area contributed by atoms with Gasteiger partial charge in [0.25, 0.3) is 0 Å². The molecule has 0 unspecified atom stereocenters. The molecule has 2 aromatic carbocycles. The molecule has 1 saturated heterocycles. The zero-order valence-corrected chi connectivity index (χ0v) is 17.7.